The molecule has 0 saturated carbocycles. The van der Waals surface area contributed by atoms with Gasteiger partial charge >= 0.3 is 0 Å². The van der Waals surface area contributed by atoms with Crippen LogP contribution >= 0.6 is 0 Å². The molecule has 1 heterocycles. The quantitative estimate of drug-likeness (QED) is 0.879. The van der Waals surface area contributed by atoms with Crippen LogP contribution in [-0.2, 0) is 0 Å². The van der Waals surface area contributed by atoms with Crippen molar-refractivity contribution in [3.05, 3.63) is 36.0 Å². The molecular formula is C15H19N3O2. The number of aromatic amines is 1. The molecule has 0 radical (unpaired) electrons. The van der Waals surface area contributed by atoms with Gasteiger partial charge in [0.25, 0.3) is 5.91 Å². The zero-order chi connectivity index (χ0) is 14.5. The molecule has 0 aliphatic carbocycles. The van der Waals surface area contributed by atoms with Gasteiger partial charge in [-0.25, -0.2) is 0 Å². The number of rotatable bonds is 5. The maximum absolute atomic E-state index is 11.9. The Morgan fingerprint density at radius 3 is 2.65 bits per heavy atom. The molecule has 0 unspecified atom stereocenters. The summed E-state index contributed by atoms with van der Waals surface area (Å²) < 4.78 is 5.11. The molecule has 1 aromatic carbocycles. The molecule has 5 heteroatoms. The van der Waals surface area contributed by atoms with Crippen LogP contribution in [0.5, 0.6) is 5.75 Å². The number of ether oxygens (including phenoxy) is 1. The highest BCUT2D eigenvalue weighted by Gasteiger charge is 2.11. The van der Waals surface area contributed by atoms with Crippen LogP contribution in [0.4, 0.5) is 0 Å². The van der Waals surface area contributed by atoms with Crippen molar-refractivity contribution in [2.24, 2.45) is 5.92 Å². The molecule has 20 heavy (non-hydrogen) atoms. The Bertz CT molecular complexity index is 573. The monoisotopic (exact) mass is 273 g/mol. The summed E-state index contributed by atoms with van der Waals surface area (Å²) in [4.78, 5) is 11.9. The lowest BCUT2D eigenvalue weighted by Crippen LogP contribution is -2.27. The molecule has 2 N–H and O–H groups in total. The number of H-pyrrole nitrogens is 1. The van der Waals surface area contributed by atoms with Crippen LogP contribution in [0.2, 0.25) is 0 Å². The zero-order valence-corrected chi connectivity index (χ0v) is 11.9. The van der Waals surface area contributed by atoms with E-state index in [9.17, 15) is 4.79 Å². The first-order chi connectivity index (χ1) is 9.60. The van der Waals surface area contributed by atoms with Crippen molar-refractivity contribution in [1.29, 1.82) is 0 Å². The third-order valence-corrected chi connectivity index (χ3v) is 2.88. The number of nitrogens with one attached hydrogen (secondary N) is 2. The summed E-state index contributed by atoms with van der Waals surface area (Å²) in [5, 5.41) is 9.78. The van der Waals surface area contributed by atoms with Gasteiger partial charge in [-0.3, -0.25) is 9.89 Å². The Kier molecular flexibility index (Phi) is 4.40. The van der Waals surface area contributed by atoms with E-state index in [1.54, 1.807) is 13.2 Å². The molecule has 0 fully saturated rings. The highest BCUT2D eigenvalue weighted by Crippen LogP contribution is 2.21. The van der Waals surface area contributed by atoms with Gasteiger partial charge in [0, 0.05) is 12.1 Å². The van der Waals surface area contributed by atoms with Gasteiger partial charge in [-0.05, 0) is 36.2 Å². The van der Waals surface area contributed by atoms with Gasteiger partial charge in [-0.15, -0.1) is 0 Å². The summed E-state index contributed by atoms with van der Waals surface area (Å²) in [5.41, 5.74) is 2.14. The van der Waals surface area contributed by atoms with E-state index in [2.05, 4.69) is 29.4 Å². The first-order valence-corrected chi connectivity index (χ1v) is 6.58. The van der Waals surface area contributed by atoms with Gasteiger partial charge < -0.3 is 10.1 Å². The number of carbonyl (C=O) groups is 1. The van der Waals surface area contributed by atoms with Crippen LogP contribution < -0.4 is 10.1 Å². The van der Waals surface area contributed by atoms with Gasteiger partial charge in [0.2, 0.25) is 0 Å². The van der Waals surface area contributed by atoms with Crippen LogP contribution in [0.3, 0.4) is 0 Å². The Morgan fingerprint density at radius 2 is 2.05 bits per heavy atom. The fraction of sp³-hybridized carbons (Fsp3) is 0.333. The second kappa shape index (κ2) is 6.23. The zero-order valence-electron chi connectivity index (χ0n) is 11.9. The number of methoxy groups -OCH3 is 1. The predicted molar refractivity (Wildman–Crippen MR) is 77.7 cm³/mol. The van der Waals surface area contributed by atoms with Crippen LogP contribution in [0.1, 0.15) is 24.3 Å². The molecule has 0 saturated heterocycles. The van der Waals surface area contributed by atoms with E-state index < -0.39 is 0 Å². The lowest BCUT2D eigenvalue weighted by atomic mass is 10.1. The number of aromatic nitrogens is 2. The fourth-order valence-corrected chi connectivity index (χ4v) is 1.74. The van der Waals surface area contributed by atoms with E-state index in [1.807, 2.05) is 24.3 Å². The van der Waals surface area contributed by atoms with Crippen molar-refractivity contribution in [2.75, 3.05) is 13.7 Å². The van der Waals surface area contributed by atoms with E-state index in [0.717, 1.165) is 17.0 Å². The van der Waals surface area contributed by atoms with Gasteiger partial charge in [0.15, 0.2) is 0 Å². The molecule has 0 bridgehead atoms. The highest BCUT2D eigenvalue weighted by molar-refractivity contribution is 5.93. The number of hydrogen-bond donors (Lipinski definition) is 2. The van der Waals surface area contributed by atoms with E-state index >= 15 is 0 Å². The van der Waals surface area contributed by atoms with Crippen molar-refractivity contribution >= 4 is 5.91 Å². The molecule has 1 aromatic heterocycles. The Balaban J connectivity index is 2.09. The minimum absolute atomic E-state index is 0.133. The molecular weight excluding hydrogens is 254 g/mol. The lowest BCUT2D eigenvalue weighted by molar-refractivity contribution is 0.0944. The Hall–Kier alpha value is -2.30. The fourth-order valence-electron chi connectivity index (χ4n) is 1.74. The molecule has 5 nitrogen and oxygen atoms in total. The number of amides is 1. The van der Waals surface area contributed by atoms with Gasteiger partial charge in [0.1, 0.15) is 11.4 Å². The average Bonchev–Trinajstić information content (AvgIpc) is 2.94. The number of benzene rings is 1. The third kappa shape index (κ3) is 3.38. The van der Waals surface area contributed by atoms with Gasteiger partial charge in [0.05, 0.1) is 12.8 Å². The van der Waals surface area contributed by atoms with Crippen LogP contribution in [-0.4, -0.2) is 29.8 Å². The highest BCUT2D eigenvalue weighted by atomic mass is 16.5. The maximum atomic E-state index is 11.9. The molecule has 0 spiro atoms. The van der Waals surface area contributed by atoms with Crippen LogP contribution in [0.25, 0.3) is 11.3 Å². The molecule has 2 aromatic rings. The first-order valence-electron chi connectivity index (χ1n) is 6.58. The largest absolute Gasteiger partial charge is 0.497 e. The SMILES string of the molecule is COc1ccc(-c2cc(C(=O)NCC(C)C)[nH]n2)cc1. The summed E-state index contributed by atoms with van der Waals surface area (Å²) in [6.07, 6.45) is 0. The topological polar surface area (TPSA) is 67.0 Å². The normalized spacial score (nSPS) is 10.6. The number of carbonyl (C=O) groups excluding carboxylic acids is 1. The van der Waals surface area contributed by atoms with Crippen molar-refractivity contribution in [3.63, 3.8) is 0 Å². The summed E-state index contributed by atoms with van der Waals surface area (Å²) in [5.74, 6) is 1.08. The molecule has 0 aliphatic heterocycles. The Morgan fingerprint density at radius 1 is 1.35 bits per heavy atom. The van der Waals surface area contributed by atoms with E-state index in [-0.39, 0.29) is 5.91 Å². The minimum atomic E-state index is -0.133. The van der Waals surface area contributed by atoms with Gasteiger partial charge in [-0.1, -0.05) is 13.8 Å². The minimum Gasteiger partial charge on any atom is -0.497 e. The third-order valence-electron chi connectivity index (χ3n) is 2.88. The molecule has 0 aliphatic rings. The van der Waals surface area contributed by atoms with E-state index in [1.165, 1.54) is 0 Å². The molecule has 106 valence electrons. The molecule has 0 atom stereocenters. The van der Waals surface area contributed by atoms with Crippen LogP contribution in [0, 0.1) is 5.92 Å². The number of hydrogen-bond acceptors (Lipinski definition) is 3. The van der Waals surface area contributed by atoms with Crippen molar-refractivity contribution in [3.8, 4) is 17.0 Å². The van der Waals surface area contributed by atoms with Crippen molar-refractivity contribution in [2.45, 2.75) is 13.8 Å². The van der Waals surface area contributed by atoms with E-state index in [0.29, 0.717) is 18.2 Å². The molecule has 2 rings (SSSR count). The summed E-state index contributed by atoms with van der Waals surface area (Å²) in [6, 6.07) is 9.29. The van der Waals surface area contributed by atoms with Crippen LogP contribution in [0.15, 0.2) is 30.3 Å². The standard InChI is InChI=1S/C15H19N3O2/c1-10(2)9-16-15(19)14-8-13(17-18-14)11-4-6-12(20-3)7-5-11/h4-8,10H,9H2,1-3H3,(H,16,19)(H,17,18). The second-order valence-corrected chi connectivity index (χ2v) is 5.00. The van der Waals surface area contributed by atoms with E-state index in [4.69, 9.17) is 4.74 Å². The number of nitrogens with zero attached hydrogens (tertiary/aromatic N) is 1. The lowest BCUT2D eigenvalue weighted by Gasteiger charge is -2.05. The van der Waals surface area contributed by atoms with Crippen molar-refractivity contribution < 1.29 is 9.53 Å². The first kappa shape index (κ1) is 14.1. The second-order valence-electron chi connectivity index (χ2n) is 5.00. The Labute approximate surface area is 118 Å². The maximum Gasteiger partial charge on any atom is 0.269 e. The van der Waals surface area contributed by atoms with Crippen molar-refractivity contribution in [1.82, 2.24) is 15.5 Å². The summed E-state index contributed by atoms with van der Waals surface area (Å²) in [6.45, 7) is 4.75. The summed E-state index contributed by atoms with van der Waals surface area (Å²) >= 11 is 0. The molecule has 1 amide bonds. The smallest absolute Gasteiger partial charge is 0.269 e. The van der Waals surface area contributed by atoms with Gasteiger partial charge in [-0.2, -0.15) is 5.10 Å². The predicted octanol–water partition coefficient (Wildman–Crippen LogP) is 2.47. The average molecular weight is 273 g/mol. The summed E-state index contributed by atoms with van der Waals surface area (Å²) in [7, 11) is 1.63.